The van der Waals surface area contributed by atoms with Gasteiger partial charge in [-0.2, -0.15) is 0 Å². The topological polar surface area (TPSA) is 44.6 Å². The van der Waals surface area contributed by atoms with Crippen molar-refractivity contribution in [2.75, 3.05) is 44.2 Å². The maximum Gasteiger partial charge on any atom is 0.253 e. The van der Waals surface area contributed by atoms with Crippen LogP contribution in [0.1, 0.15) is 23.7 Å². The number of aryl methyl sites for hydroxylation is 1. The number of carbonyl (C=O) groups is 1. The molecule has 2 aliphatic rings. The summed E-state index contributed by atoms with van der Waals surface area (Å²) in [5.74, 6) is 1.22. The average Bonchev–Trinajstić information content (AvgIpc) is 3.16. The molecule has 0 unspecified atom stereocenters. The van der Waals surface area contributed by atoms with Crippen LogP contribution in [0, 0.1) is 0 Å². The molecule has 156 valence electrons. The number of rotatable bonds is 5. The second-order valence-corrected chi connectivity index (χ2v) is 8.36. The Balaban J connectivity index is 1.16. The third-order valence-electron chi connectivity index (χ3n) is 6.44. The maximum atomic E-state index is 13.0. The monoisotopic (exact) mass is 403 g/mol. The van der Waals surface area contributed by atoms with Crippen molar-refractivity contribution >= 4 is 22.6 Å². The van der Waals surface area contributed by atoms with Crippen LogP contribution in [0.25, 0.3) is 10.9 Å². The summed E-state index contributed by atoms with van der Waals surface area (Å²) in [7, 11) is 0. The first-order valence-electron chi connectivity index (χ1n) is 11.0. The van der Waals surface area contributed by atoms with E-state index in [4.69, 9.17) is 0 Å². The smallest absolute Gasteiger partial charge is 0.253 e. The van der Waals surface area contributed by atoms with E-state index in [2.05, 4.69) is 50.7 Å². The fourth-order valence-electron chi connectivity index (χ4n) is 4.66. The Labute approximate surface area is 177 Å². The van der Waals surface area contributed by atoms with E-state index in [9.17, 15) is 4.79 Å². The van der Waals surface area contributed by atoms with Crippen LogP contribution in [0.15, 0.2) is 54.9 Å². The van der Waals surface area contributed by atoms with Crippen LogP contribution >= 0.6 is 0 Å². The minimum absolute atomic E-state index is 0.156. The van der Waals surface area contributed by atoms with Crippen LogP contribution in [-0.4, -0.2) is 70.6 Å². The number of amides is 1. The number of hydrogen-bond acceptors (Lipinski definition) is 4. The van der Waals surface area contributed by atoms with Gasteiger partial charge in [0.25, 0.3) is 5.91 Å². The van der Waals surface area contributed by atoms with Gasteiger partial charge in [0.05, 0.1) is 0 Å². The SMILES string of the molecule is CCCn1ccc2cc(C(=O)N3CC(N4CCN(c5ccccn5)CC4)C3)ccc21. The second kappa shape index (κ2) is 8.11. The summed E-state index contributed by atoms with van der Waals surface area (Å²) in [6, 6.07) is 14.8. The van der Waals surface area contributed by atoms with Crippen molar-refractivity contribution in [2.24, 2.45) is 0 Å². The number of hydrogen-bond donors (Lipinski definition) is 0. The van der Waals surface area contributed by atoms with Crippen LogP contribution in [0.5, 0.6) is 0 Å². The van der Waals surface area contributed by atoms with Gasteiger partial charge in [0, 0.05) is 80.7 Å². The average molecular weight is 404 g/mol. The first kappa shape index (κ1) is 19.1. The summed E-state index contributed by atoms with van der Waals surface area (Å²) < 4.78 is 2.26. The highest BCUT2D eigenvalue weighted by Crippen LogP contribution is 2.23. The van der Waals surface area contributed by atoms with Gasteiger partial charge in [-0.25, -0.2) is 4.98 Å². The fourth-order valence-corrected chi connectivity index (χ4v) is 4.66. The molecule has 2 aromatic heterocycles. The minimum Gasteiger partial charge on any atom is -0.354 e. The minimum atomic E-state index is 0.156. The third-order valence-corrected chi connectivity index (χ3v) is 6.44. The maximum absolute atomic E-state index is 13.0. The zero-order valence-corrected chi connectivity index (χ0v) is 17.6. The molecule has 1 aromatic carbocycles. The zero-order valence-electron chi connectivity index (χ0n) is 17.6. The number of aromatic nitrogens is 2. The van der Waals surface area contributed by atoms with Crippen LogP contribution in [-0.2, 0) is 6.54 Å². The van der Waals surface area contributed by atoms with Crippen molar-refractivity contribution in [1.82, 2.24) is 19.4 Å². The largest absolute Gasteiger partial charge is 0.354 e. The summed E-state index contributed by atoms with van der Waals surface area (Å²) in [4.78, 5) is 24.3. The van der Waals surface area contributed by atoms with E-state index < -0.39 is 0 Å². The fraction of sp³-hybridized carbons (Fsp3) is 0.417. The highest BCUT2D eigenvalue weighted by atomic mass is 16.2. The second-order valence-electron chi connectivity index (χ2n) is 8.36. The van der Waals surface area contributed by atoms with Crippen molar-refractivity contribution in [3.63, 3.8) is 0 Å². The lowest BCUT2D eigenvalue weighted by atomic mass is 10.0. The molecule has 2 saturated heterocycles. The first-order valence-corrected chi connectivity index (χ1v) is 11.0. The highest BCUT2D eigenvalue weighted by molar-refractivity contribution is 5.98. The molecule has 0 aliphatic carbocycles. The van der Waals surface area contributed by atoms with E-state index in [1.54, 1.807) is 0 Å². The third kappa shape index (κ3) is 3.56. The van der Waals surface area contributed by atoms with Crippen LogP contribution in [0.4, 0.5) is 5.82 Å². The van der Waals surface area contributed by atoms with Gasteiger partial charge < -0.3 is 14.4 Å². The van der Waals surface area contributed by atoms with E-state index in [0.29, 0.717) is 6.04 Å². The van der Waals surface area contributed by atoms with Crippen molar-refractivity contribution in [3.8, 4) is 0 Å². The predicted molar refractivity (Wildman–Crippen MR) is 120 cm³/mol. The summed E-state index contributed by atoms with van der Waals surface area (Å²) in [5.41, 5.74) is 2.01. The molecule has 0 atom stereocenters. The van der Waals surface area contributed by atoms with E-state index in [1.165, 1.54) is 5.52 Å². The Morgan fingerprint density at radius 1 is 1.07 bits per heavy atom. The van der Waals surface area contributed by atoms with E-state index >= 15 is 0 Å². The molecule has 6 nitrogen and oxygen atoms in total. The Morgan fingerprint density at radius 3 is 2.63 bits per heavy atom. The number of fused-ring (bicyclic) bond motifs is 1. The number of benzene rings is 1. The molecule has 3 aromatic rings. The quantitative estimate of drug-likeness (QED) is 0.657. The van der Waals surface area contributed by atoms with Crippen molar-refractivity contribution in [2.45, 2.75) is 25.9 Å². The van der Waals surface area contributed by atoms with Crippen LogP contribution in [0.2, 0.25) is 0 Å². The van der Waals surface area contributed by atoms with Gasteiger partial charge in [-0.15, -0.1) is 0 Å². The zero-order chi connectivity index (χ0) is 20.5. The highest BCUT2D eigenvalue weighted by Gasteiger charge is 2.36. The van der Waals surface area contributed by atoms with Crippen molar-refractivity contribution in [1.29, 1.82) is 0 Å². The molecule has 0 radical (unpaired) electrons. The van der Waals surface area contributed by atoms with Gasteiger partial charge in [-0.05, 0) is 42.8 Å². The molecule has 6 heteroatoms. The number of piperazine rings is 1. The summed E-state index contributed by atoms with van der Waals surface area (Å²) >= 11 is 0. The molecule has 2 fully saturated rings. The molecule has 0 saturated carbocycles. The standard InChI is InChI=1S/C24H29N5O/c1-2-10-27-11-8-19-16-20(6-7-22(19)27)24(30)29-17-21(18-29)26-12-14-28(15-13-26)23-5-3-4-9-25-23/h3-9,11,16,21H,2,10,12-15,17-18H2,1H3. The molecule has 4 heterocycles. The Morgan fingerprint density at radius 2 is 1.90 bits per heavy atom. The molecule has 5 rings (SSSR count). The molecule has 0 bridgehead atoms. The molecule has 2 aliphatic heterocycles. The molecular formula is C24H29N5O. The lowest BCUT2D eigenvalue weighted by molar-refractivity contribution is 0.0246. The lowest BCUT2D eigenvalue weighted by Gasteiger charge is -2.48. The van der Waals surface area contributed by atoms with E-state index in [1.807, 2.05) is 35.4 Å². The van der Waals surface area contributed by atoms with Gasteiger partial charge in [0.15, 0.2) is 0 Å². The van der Waals surface area contributed by atoms with Crippen molar-refractivity contribution < 1.29 is 4.79 Å². The molecule has 1 amide bonds. The van der Waals surface area contributed by atoms with Gasteiger partial charge >= 0.3 is 0 Å². The Bertz CT molecular complexity index is 1020. The summed E-state index contributed by atoms with van der Waals surface area (Å²) in [5, 5.41) is 1.15. The predicted octanol–water partition coefficient (Wildman–Crippen LogP) is 3.09. The number of carbonyl (C=O) groups excluding carboxylic acids is 1. The Kier molecular flexibility index (Phi) is 5.17. The van der Waals surface area contributed by atoms with Gasteiger partial charge in [-0.1, -0.05) is 13.0 Å². The normalized spacial score (nSPS) is 18.0. The van der Waals surface area contributed by atoms with Gasteiger partial charge in [-0.3, -0.25) is 9.69 Å². The van der Waals surface area contributed by atoms with Crippen LogP contribution in [0.3, 0.4) is 0 Å². The van der Waals surface area contributed by atoms with Crippen molar-refractivity contribution in [3.05, 3.63) is 60.4 Å². The number of nitrogens with zero attached hydrogens (tertiary/aromatic N) is 5. The number of pyridine rings is 1. The number of anilines is 1. The van der Waals surface area contributed by atoms with Gasteiger partial charge in [0.2, 0.25) is 0 Å². The summed E-state index contributed by atoms with van der Waals surface area (Å²) in [6.45, 7) is 8.90. The van der Waals surface area contributed by atoms with Gasteiger partial charge in [0.1, 0.15) is 5.82 Å². The lowest BCUT2D eigenvalue weighted by Crippen LogP contribution is -2.64. The Hall–Kier alpha value is -2.86. The molecule has 0 N–H and O–H groups in total. The first-order chi connectivity index (χ1) is 14.7. The molecule has 30 heavy (non-hydrogen) atoms. The molecule has 0 spiro atoms. The summed E-state index contributed by atoms with van der Waals surface area (Å²) in [6.07, 6.45) is 5.08. The molecular weight excluding hydrogens is 374 g/mol. The number of likely N-dealkylation sites (tertiary alicyclic amines) is 1. The van der Waals surface area contributed by atoms with E-state index in [0.717, 1.165) is 69.0 Å². The van der Waals surface area contributed by atoms with E-state index in [-0.39, 0.29) is 5.91 Å². The van der Waals surface area contributed by atoms with Crippen LogP contribution < -0.4 is 4.90 Å².